The standard InChI is InChI=1S/C8H12F2N2O/c9-8(10)3-1-7(2-4-8)12-11-5-6-13/h5-7,12H,1-4H2. The highest BCUT2D eigenvalue weighted by atomic mass is 19.3. The third-order valence-electron chi connectivity index (χ3n) is 2.11. The summed E-state index contributed by atoms with van der Waals surface area (Å²) in [4.78, 5) is 9.84. The lowest BCUT2D eigenvalue weighted by Gasteiger charge is -2.27. The van der Waals surface area contributed by atoms with E-state index in [4.69, 9.17) is 0 Å². The van der Waals surface area contributed by atoms with Gasteiger partial charge in [-0.1, -0.05) is 0 Å². The number of hydrazone groups is 1. The smallest absolute Gasteiger partial charge is 0.248 e. The van der Waals surface area contributed by atoms with Crippen LogP contribution in [0.3, 0.4) is 0 Å². The van der Waals surface area contributed by atoms with Crippen molar-refractivity contribution in [2.45, 2.75) is 37.6 Å². The molecular formula is C8H12F2N2O. The molecule has 0 aromatic rings. The van der Waals surface area contributed by atoms with Crippen LogP contribution in [-0.4, -0.2) is 24.5 Å². The summed E-state index contributed by atoms with van der Waals surface area (Å²) in [7, 11) is 0. The van der Waals surface area contributed by atoms with Gasteiger partial charge in [0.25, 0.3) is 0 Å². The molecule has 1 aliphatic carbocycles. The maximum atomic E-state index is 12.6. The van der Waals surface area contributed by atoms with Crippen molar-refractivity contribution >= 4 is 12.5 Å². The summed E-state index contributed by atoms with van der Waals surface area (Å²) in [5.41, 5.74) is 2.67. The fraction of sp³-hybridized carbons (Fsp3) is 0.750. The highest BCUT2D eigenvalue weighted by Gasteiger charge is 2.34. The summed E-state index contributed by atoms with van der Waals surface area (Å²) in [6.45, 7) is 0. The molecule has 0 unspecified atom stereocenters. The van der Waals surface area contributed by atoms with Gasteiger partial charge in [0.2, 0.25) is 5.92 Å². The van der Waals surface area contributed by atoms with Gasteiger partial charge in [0, 0.05) is 18.9 Å². The van der Waals surface area contributed by atoms with Crippen LogP contribution < -0.4 is 5.43 Å². The van der Waals surface area contributed by atoms with E-state index in [9.17, 15) is 13.6 Å². The second-order valence-electron chi connectivity index (χ2n) is 3.17. The molecule has 0 heterocycles. The van der Waals surface area contributed by atoms with Crippen LogP contribution in [0.1, 0.15) is 25.7 Å². The molecule has 0 aromatic carbocycles. The first-order chi connectivity index (χ1) is 6.14. The van der Waals surface area contributed by atoms with E-state index < -0.39 is 5.92 Å². The molecule has 0 saturated heterocycles. The number of nitrogens with one attached hydrogen (secondary N) is 1. The topological polar surface area (TPSA) is 41.5 Å². The van der Waals surface area contributed by atoms with Crippen molar-refractivity contribution < 1.29 is 13.6 Å². The molecular weight excluding hydrogens is 178 g/mol. The van der Waals surface area contributed by atoms with E-state index >= 15 is 0 Å². The van der Waals surface area contributed by atoms with E-state index in [1.165, 1.54) is 0 Å². The number of hydrogen-bond acceptors (Lipinski definition) is 3. The number of nitrogens with zero attached hydrogens (tertiary/aromatic N) is 1. The summed E-state index contributed by atoms with van der Waals surface area (Å²) >= 11 is 0. The highest BCUT2D eigenvalue weighted by Crippen LogP contribution is 2.32. The summed E-state index contributed by atoms with van der Waals surface area (Å²) in [6, 6.07) is -0.0178. The zero-order chi connectivity index (χ0) is 9.73. The van der Waals surface area contributed by atoms with E-state index in [-0.39, 0.29) is 18.9 Å². The third-order valence-corrected chi connectivity index (χ3v) is 2.11. The maximum absolute atomic E-state index is 12.6. The molecule has 1 N–H and O–H groups in total. The van der Waals surface area contributed by atoms with Gasteiger partial charge in [-0.2, -0.15) is 5.10 Å². The first-order valence-electron chi connectivity index (χ1n) is 4.24. The average Bonchev–Trinajstić information content (AvgIpc) is 2.08. The van der Waals surface area contributed by atoms with Crippen LogP contribution in [0.25, 0.3) is 0 Å². The Labute approximate surface area is 75.2 Å². The van der Waals surface area contributed by atoms with Gasteiger partial charge in [-0.25, -0.2) is 8.78 Å². The molecule has 74 valence electrons. The average molecular weight is 190 g/mol. The van der Waals surface area contributed by atoms with Gasteiger partial charge in [0.15, 0.2) is 6.29 Å². The Kier molecular flexibility index (Phi) is 3.33. The number of carbonyl (C=O) groups is 1. The summed E-state index contributed by atoms with van der Waals surface area (Å²) in [5, 5.41) is 3.57. The van der Waals surface area contributed by atoms with Crippen molar-refractivity contribution in [3.8, 4) is 0 Å². The van der Waals surface area contributed by atoms with Crippen molar-refractivity contribution in [2.75, 3.05) is 0 Å². The minimum atomic E-state index is -2.51. The Hall–Kier alpha value is -1.00. The van der Waals surface area contributed by atoms with Gasteiger partial charge in [-0.15, -0.1) is 0 Å². The molecule has 0 aromatic heterocycles. The molecule has 1 aliphatic rings. The van der Waals surface area contributed by atoms with Gasteiger partial charge < -0.3 is 5.43 Å². The molecule has 13 heavy (non-hydrogen) atoms. The van der Waals surface area contributed by atoms with Crippen LogP contribution in [-0.2, 0) is 4.79 Å². The summed E-state index contributed by atoms with van der Waals surface area (Å²) in [5.74, 6) is -2.51. The minimum Gasteiger partial charge on any atom is -0.307 e. The zero-order valence-corrected chi connectivity index (χ0v) is 7.17. The molecule has 0 bridgehead atoms. The van der Waals surface area contributed by atoms with Crippen molar-refractivity contribution in [1.82, 2.24) is 5.43 Å². The lowest BCUT2D eigenvalue weighted by atomic mass is 9.93. The van der Waals surface area contributed by atoms with Crippen LogP contribution in [0.15, 0.2) is 5.10 Å². The SMILES string of the molecule is O=CC=NNC1CCC(F)(F)CC1. The molecule has 3 nitrogen and oxygen atoms in total. The number of alkyl halides is 2. The number of halogens is 2. The van der Waals surface area contributed by atoms with Crippen molar-refractivity contribution in [2.24, 2.45) is 5.10 Å². The second-order valence-corrected chi connectivity index (χ2v) is 3.17. The molecule has 1 saturated carbocycles. The molecule has 0 radical (unpaired) electrons. The summed E-state index contributed by atoms with van der Waals surface area (Å²) < 4.78 is 25.3. The Morgan fingerprint density at radius 1 is 1.38 bits per heavy atom. The monoisotopic (exact) mass is 190 g/mol. The van der Waals surface area contributed by atoms with E-state index in [2.05, 4.69) is 10.5 Å². The number of hydrogen-bond donors (Lipinski definition) is 1. The van der Waals surface area contributed by atoms with Crippen LogP contribution in [0.5, 0.6) is 0 Å². The molecule has 5 heteroatoms. The normalized spacial score (nSPS) is 23.2. The van der Waals surface area contributed by atoms with Gasteiger partial charge in [-0.05, 0) is 12.8 Å². The quantitative estimate of drug-likeness (QED) is 0.414. The van der Waals surface area contributed by atoms with E-state index in [1.54, 1.807) is 0 Å². The maximum Gasteiger partial charge on any atom is 0.248 e. The van der Waals surface area contributed by atoms with E-state index in [0.717, 1.165) is 6.21 Å². The third kappa shape index (κ3) is 3.48. The Morgan fingerprint density at radius 2 is 2.00 bits per heavy atom. The lowest BCUT2D eigenvalue weighted by molar-refractivity contribution is -0.102. The predicted octanol–water partition coefficient (Wildman–Crippen LogP) is 1.34. The molecule has 0 aliphatic heterocycles. The minimum absolute atomic E-state index is 0.0178. The van der Waals surface area contributed by atoms with Crippen LogP contribution >= 0.6 is 0 Å². The second kappa shape index (κ2) is 4.30. The van der Waals surface area contributed by atoms with Crippen LogP contribution in [0.4, 0.5) is 8.78 Å². The number of aldehydes is 1. The van der Waals surface area contributed by atoms with E-state index in [1.807, 2.05) is 0 Å². The first-order valence-corrected chi connectivity index (χ1v) is 4.24. The summed E-state index contributed by atoms with van der Waals surface area (Å²) in [6.07, 6.45) is 2.24. The Balaban J connectivity index is 2.25. The van der Waals surface area contributed by atoms with Gasteiger partial charge in [0.05, 0.1) is 6.21 Å². The molecule has 0 spiro atoms. The van der Waals surface area contributed by atoms with Gasteiger partial charge in [0.1, 0.15) is 0 Å². The molecule has 0 amide bonds. The van der Waals surface area contributed by atoms with E-state index in [0.29, 0.717) is 19.1 Å². The van der Waals surface area contributed by atoms with Crippen LogP contribution in [0, 0.1) is 0 Å². The highest BCUT2D eigenvalue weighted by molar-refractivity contribution is 6.12. The van der Waals surface area contributed by atoms with Crippen molar-refractivity contribution in [3.63, 3.8) is 0 Å². The fourth-order valence-electron chi connectivity index (χ4n) is 1.35. The predicted molar refractivity (Wildman–Crippen MR) is 44.9 cm³/mol. The largest absolute Gasteiger partial charge is 0.307 e. The molecule has 1 fully saturated rings. The Bertz CT molecular complexity index is 196. The van der Waals surface area contributed by atoms with Crippen LogP contribution in [0.2, 0.25) is 0 Å². The van der Waals surface area contributed by atoms with Crippen molar-refractivity contribution in [1.29, 1.82) is 0 Å². The lowest BCUT2D eigenvalue weighted by Crippen LogP contribution is -2.34. The van der Waals surface area contributed by atoms with Gasteiger partial charge >= 0.3 is 0 Å². The fourth-order valence-corrected chi connectivity index (χ4v) is 1.35. The van der Waals surface area contributed by atoms with Gasteiger partial charge in [-0.3, -0.25) is 4.79 Å². The Morgan fingerprint density at radius 3 is 2.54 bits per heavy atom. The number of rotatable bonds is 3. The number of carbonyl (C=O) groups excluding carboxylic acids is 1. The van der Waals surface area contributed by atoms with Crippen molar-refractivity contribution in [3.05, 3.63) is 0 Å². The zero-order valence-electron chi connectivity index (χ0n) is 7.17. The molecule has 0 atom stereocenters. The first kappa shape index (κ1) is 10.1. The molecule has 1 rings (SSSR count).